The van der Waals surface area contributed by atoms with E-state index < -0.39 is 30.0 Å². The van der Waals surface area contributed by atoms with Gasteiger partial charge in [-0.15, -0.1) is 0 Å². The van der Waals surface area contributed by atoms with Crippen LogP contribution in [0.2, 0.25) is 0 Å². The van der Waals surface area contributed by atoms with E-state index in [0.29, 0.717) is 0 Å². The van der Waals surface area contributed by atoms with Crippen molar-refractivity contribution in [2.45, 2.75) is 51.1 Å². The zero-order valence-corrected chi connectivity index (χ0v) is 10.5. The van der Waals surface area contributed by atoms with Crippen molar-refractivity contribution in [1.82, 2.24) is 4.90 Å². The molecule has 5 nitrogen and oxygen atoms in total. The topological polar surface area (TPSA) is 75.8 Å². The molecule has 0 aromatic rings. The van der Waals surface area contributed by atoms with E-state index in [9.17, 15) is 14.3 Å². The van der Waals surface area contributed by atoms with Crippen molar-refractivity contribution in [2.75, 3.05) is 13.1 Å². The fraction of sp³-hybridized carbons (Fsp3) is 0.909. The average Bonchev–Trinajstić information content (AvgIpc) is 2.56. The molecule has 6 heteroatoms. The molecule has 0 saturated carbocycles. The Hall–Kier alpha value is -0.880. The van der Waals surface area contributed by atoms with Gasteiger partial charge in [0.1, 0.15) is 11.8 Å². The Morgan fingerprint density at radius 3 is 2.71 bits per heavy atom. The van der Waals surface area contributed by atoms with Crippen molar-refractivity contribution in [3.63, 3.8) is 0 Å². The molecule has 0 aromatic heterocycles. The standard InChI is InChI=1S/C11H21FN2O3/c1-11(2,3)17-10(16)14-6-7(12)4-8(14)9(15)5-13/h7-9,15H,4-6,13H2,1-3H3/t7-,8?,9+/m1/s1. The first-order valence-electron chi connectivity index (χ1n) is 5.76. The molecule has 3 N–H and O–H groups in total. The molecule has 1 unspecified atom stereocenters. The molecule has 1 heterocycles. The van der Waals surface area contributed by atoms with Gasteiger partial charge in [0, 0.05) is 13.0 Å². The summed E-state index contributed by atoms with van der Waals surface area (Å²) in [5, 5.41) is 9.65. The minimum atomic E-state index is -1.13. The first kappa shape index (κ1) is 14.2. The quantitative estimate of drug-likeness (QED) is 0.752. The second kappa shape index (κ2) is 5.18. The summed E-state index contributed by atoms with van der Waals surface area (Å²) in [7, 11) is 0. The third-order valence-electron chi connectivity index (χ3n) is 2.61. The SMILES string of the molecule is CC(C)(C)OC(=O)N1C[C@H](F)CC1[C@@H](O)CN. The van der Waals surface area contributed by atoms with E-state index in [0.717, 1.165) is 0 Å². The van der Waals surface area contributed by atoms with Crippen LogP contribution >= 0.6 is 0 Å². The van der Waals surface area contributed by atoms with Crippen LogP contribution in [0.5, 0.6) is 0 Å². The Morgan fingerprint density at radius 1 is 1.65 bits per heavy atom. The maximum Gasteiger partial charge on any atom is 0.410 e. The first-order chi connectivity index (χ1) is 7.74. The molecule has 0 radical (unpaired) electrons. The number of likely N-dealkylation sites (tertiary alicyclic amines) is 1. The van der Waals surface area contributed by atoms with Gasteiger partial charge >= 0.3 is 6.09 Å². The number of alkyl halides is 1. The van der Waals surface area contributed by atoms with Crippen LogP contribution in [0.4, 0.5) is 9.18 Å². The third-order valence-corrected chi connectivity index (χ3v) is 2.61. The van der Waals surface area contributed by atoms with Gasteiger partial charge in [0.05, 0.1) is 18.7 Å². The van der Waals surface area contributed by atoms with E-state index in [-0.39, 0.29) is 19.5 Å². The molecule has 1 fully saturated rings. The number of ether oxygens (including phenoxy) is 1. The van der Waals surface area contributed by atoms with Crippen LogP contribution < -0.4 is 5.73 Å². The maximum absolute atomic E-state index is 13.3. The number of hydrogen-bond donors (Lipinski definition) is 2. The Labute approximate surface area is 101 Å². The number of aliphatic hydroxyl groups excluding tert-OH is 1. The largest absolute Gasteiger partial charge is 0.444 e. The summed E-state index contributed by atoms with van der Waals surface area (Å²) < 4.78 is 18.5. The molecule has 3 atom stereocenters. The summed E-state index contributed by atoms with van der Waals surface area (Å²) >= 11 is 0. The number of nitrogens with zero attached hydrogens (tertiary/aromatic N) is 1. The van der Waals surface area contributed by atoms with Crippen LogP contribution in [-0.2, 0) is 4.74 Å². The Bertz CT molecular complexity index is 280. The van der Waals surface area contributed by atoms with Crippen molar-refractivity contribution in [1.29, 1.82) is 0 Å². The number of nitrogens with two attached hydrogens (primary N) is 1. The van der Waals surface area contributed by atoms with Crippen LogP contribution in [0, 0.1) is 0 Å². The van der Waals surface area contributed by atoms with E-state index in [2.05, 4.69) is 0 Å². The predicted octanol–water partition coefficient (Wildman–Crippen LogP) is 0.654. The Kier molecular flexibility index (Phi) is 4.32. The van der Waals surface area contributed by atoms with Gasteiger partial charge in [0.25, 0.3) is 0 Å². The van der Waals surface area contributed by atoms with E-state index in [4.69, 9.17) is 10.5 Å². The van der Waals surface area contributed by atoms with E-state index in [1.165, 1.54) is 4.90 Å². The molecule has 1 aliphatic heterocycles. The highest BCUT2D eigenvalue weighted by molar-refractivity contribution is 5.69. The summed E-state index contributed by atoms with van der Waals surface area (Å²) in [6, 6.07) is -0.593. The van der Waals surface area contributed by atoms with E-state index in [1.807, 2.05) is 0 Å². The number of carbonyl (C=O) groups is 1. The second-order valence-corrected chi connectivity index (χ2v) is 5.34. The van der Waals surface area contributed by atoms with Crippen LogP contribution in [0.25, 0.3) is 0 Å². The minimum Gasteiger partial charge on any atom is -0.444 e. The zero-order valence-electron chi connectivity index (χ0n) is 10.5. The van der Waals surface area contributed by atoms with Gasteiger partial charge in [0.2, 0.25) is 0 Å². The zero-order chi connectivity index (χ0) is 13.2. The van der Waals surface area contributed by atoms with Crippen molar-refractivity contribution in [3.8, 4) is 0 Å². The lowest BCUT2D eigenvalue weighted by molar-refractivity contribution is 0.00644. The summed E-state index contributed by atoms with van der Waals surface area (Å²) in [4.78, 5) is 13.1. The van der Waals surface area contributed by atoms with Gasteiger partial charge < -0.3 is 15.6 Å². The highest BCUT2D eigenvalue weighted by Crippen LogP contribution is 2.25. The highest BCUT2D eigenvalue weighted by atomic mass is 19.1. The smallest absolute Gasteiger partial charge is 0.410 e. The fourth-order valence-electron chi connectivity index (χ4n) is 1.87. The first-order valence-corrected chi connectivity index (χ1v) is 5.76. The van der Waals surface area contributed by atoms with Crippen LogP contribution in [-0.4, -0.2) is 53.1 Å². The lowest BCUT2D eigenvalue weighted by atomic mass is 10.1. The van der Waals surface area contributed by atoms with Crippen LogP contribution in [0.15, 0.2) is 0 Å². The molecule has 0 spiro atoms. The monoisotopic (exact) mass is 248 g/mol. The summed E-state index contributed by atoms with van der Waals surface area (Å²) in [5.74, 6) is 0. The molecule has 1 aliphatic rings. The van der Waals surface area contributed by atoms with Gasteiger partial charge in [-0.25, -0.2) is 9.18 Å². The molecule has 1 amide bonds. The van der Waals surface area contributed by atoms with E-state index in [1.54, 1.807) is 20.8 Å². The average molecular weight is 248 g/mol. The lowest BCUT2D eigenvalue weighted by Crippen LogP contribution is -2.47. The molecule has 100 valence electrons. The van der Waals surface area contributed by atoms with Gasteiger partial charge in [-0.2, -0.15) is 0 Å². The summed E-state index contributed by atoms with van der Waals surface area (Å²) in [5.41, 5.74) is 4.70. The van der Waals surface area contributed by atoms with Crippen LogP contribution in [0.3, 0.4) is 0 Å². The van der Waals surface area contributed by atoms with Crippen molar-refractivity contribution in [2.24, 2.45) is 5.73 Å². The molecule has 1 saturated heterocycles. The number of aliphatic hydroxyl groups is 1. The minimum absolute atomic E-state index is 0.00329. The van der Waals surface area contributed by atoms with Crippen LogP contribution in [0.1, 0.15) is 27.2 Å². The van der Waals surface area contributed by atoms with Gasteiger partial charge in [0.15, 0.2) is 0 Å². The lowest BCUT2D eigenvalue weighted by Gasteiger charge is -2.30. The van der Waals surface area contributed by atoms with Gasteiger partial charge in [-0.1, -0.05) is 0 Å². The molecular weight excluding hydrogens is 227 g/mol. The number of halogens is 1. The second-order valence-electron chi connectivity index (χ2n) is 5.34. The maximum atomic E-state index is 13.3. The van der Waals surface area contributed by atoms with Crippen molar-refractivity contribution >= 4 is 6.09 Å². The third kappa shape index (κ3) is 3.81. The molecule has 0 aliphatic carbocycles. The number of carbonyl (C=O) groups excluding carboxylic acids is 1. The van der Waals surface area contributed by atoms with Gasteiger partial charge in [-0.3, -0.25) is 4.90 Å². The predicted molar refractivity (Wildman–Crippen MR) is 61.3 cm³/mol. The molecule has 1 rings (SSSR count). The number of hydrogen-bond acceptors (Lipinski definition) is 4. The van der Waals surface area contributed by atoms with Crippen molar-refractivity contribution < 1.29 is 19.0 Å². The van der Waals surface area contributed by atoms with E-state index >= 15 is 0 Å². The van der Waals surface area contributed by atoms with Gasteiger partial charge in [-0.05, 0) is 20.8 Å². The number of rotatable bonds is 2. The molecule has 0 aromatic carbocycles. The number of amides is 1. The molecule has 17 heavy (non-hydrogen) atoms. The highest BCUT2D eigenvalue weighted by Gasteiger charge is 2.40. The summed E-state index contributed by atoms with van der Waals surface area (Å²) in [6.07, 6.45) is -2.54. The molecule has 0 bridgehead atoms. The molecular formula is C11H21FN2O3. The normalized spacial score (nSPS) is 27.1. The fourth-order valence-corrected chi connectivity index (χ4v) is 1.87. The van der Waals surface area contributed by atoms with Crippen molar-refractivity contribution in [3.05, 3.63) is 0 Å². The Balaban J connectivity index is 2.70. The Morgan fingerprint density at radius 2 is 2.24 bits per heavy atom. The summed E-state index contributed by atoms with van der Waals surface area (Å²) in [6.45, 7) is 5.17.